The van der Waals surface area contributed by atoms with Crippen LogP contribution < -0.4 is 11.1 Å². The highest BCUT2D eigenvalue weighted by Crippen LogP contribution is 2.33. The number of hydrogen-bond acceptors (Lipinski definition) is 7. The molecule has 0 saturated carbocycles. The third kappa shape index (κ3) is 2.67. The zero-order valence-corrected chi connectivity index (χ0v) is 13.2. The van der Waals surface area contributed by atoms with Crippen LogP contribution in [0.2, 0.25) is 0 Å². The van der Waals surface area contributed by atoms with Gasteiger partial charge in [-0.3, -0.25) is 0 Å². The zero-order valence-electron chi connectivity index (χ0n) is 12.4. The molecule has 3 rings (SSSR count). The lowest BCUT2D eigenvalue weighted by atomic mass is 10.0. The molecule has 0 amide bonds. The number of aliphatic hydroxyl groups excluding tert-OH is 2. The number of rotatable bonds is 5. The number of anilines is 1. The summed E-state index contributed by atoms with van der Waals surface area (Å²) in [7, 11) is 0. The van der Waals surface area contributed by atoms with E-state index in [1.165, 1.54) is 6.33 Å². The Morgan fingerprint density at radius 3 is 2.91 bits per heavy atom. The van der Waals surface area contributed by atoms with Crippen molar-refractivity contribution in [3.8, 4) is 0 Å². The molecule has 0 aliphatic carbocycles. The van der Waals surface area contributed by atoms with E-state index >= 15 is 0 Å². The minimum absolute atomic E-state index is 0.138. The third-order valence-electron chi connectivity index (χ3n) is 4.00. The summed E-state index contributed by atoms with van der Waals surface area (Å²) in [5.41, 5.74) is 7.96. The summed E-state index contributed by atoms with van der Waals surface area (Å²) in [6.45, 7) is 2.12. The fraction of sp³-hybridized carbons (Fsp3) is 0.571. The number of fused-ring (bicyclic) bond motifs is 1. The molecule has 22 heavy (non-hydrogen) atoms. The van der Waals surface area contributed by atoms with Crippen molar-refractivity contribution < 1.29 is 10.2 Å². The Morgan fingerprint density at radius 1 is 1.32 bits per heavy atom. The first-order chi connectivity index (χ1) is 10.6. The molecule has 1 aliphatic heterocycles. The van der Waals surface area contributed by atoms with Crippen LogP contribution in [-0.4, -0.2) is 54.9 Å². The molecule has 0 bridgehead atoms. The van der Waals surface area contributed by atoms with Gasteiger partial charge in [0.05, 0.1) is 17.7 Å². The molecule has 3 heterocycles. The smallest absolute Gasteiger partial charge is 0.151 e. The van der Waals surface area contributed by atoms with Crippen LogP contribution in [0.1, 0.15) is 24.9 Å². The Morgan fingerprint density at radius 2 is 2.14 bits per heavy atom. The van der Waals surface area contributed by atoms with Gasteiger partial charge in [0.25, 0.3) is 0 Å². The molecule has 1 aliphatic rings. The van der Waals surface area contributed by atoms with Gasteiger partial charge in [-0.25, -0.2) is 9.97 Å². The molecule has 7 nitrogen and oxygen atoms in total. The molecule has 0 radical (unpaired) electrons. The number of hydrogen-bond donors (Lipinski definition) is 5. The van der Waals surface area contributed by atoms with Crippen LogP contribution in [0.4, 0.5) is 5.82 Å². The van der Waals surface area contributed by atoms with Crippen molar-refractivity contribution in [1.29, 1.82) is 0 Å². The van der Waals surface area contributed by atoms with Crippen molar-refractivity contribution >= 4 is 28.6 Å². The Kier molecular flexibility index (Phi) is 4.53. The lowest BCUT2D eigenvalue weighted by Gasteiger charge is -2.14. The van der Waals surface area contributed by atoms with Crippen molar-refractivity contribution in [2.45, 2.75) is 37.6 Å². The molecule has 1 saturated heterocycles. The quantitative estimate of drug-likeness (QED) is 0.506. The van der Waals surface area contributed by atoms with E-state index in [0.29, 0.717) is 16.9 Å². The molecule has 0 aromatic carbocycles. The maximum Gasteiger partial charge on any atom is 0.151 e. The summed E-state index contributed by atoms with van der Waals surface area (Å²) in [6.07, 6.45) is 2.60. The lowest BCUT2D eigenvalue weighted by Crippen LogP contribution is -2.35. The van der Waals surface area contributed by atoms with E-state index in [0.717, 1.165) is 23.5 Å². The van der Waals surface area contributed by atoms with Crippen molar-refractivity contribution in [2.75, 3.05) is 17.2 Å². The van der Waals surface area contributed by atoms with Gasteiger partial charge in [-0.1, -0.05) is 6.92 Å². The first kappa shape index (κ1) is 15.5. The van der Waals surface area contributed by atoms with Gasteiger partial charge < -0.3 is 26.2 Å². The normalized spacial score (nSPS) is 28.5. The van der Waals surface area contributed by atoms with Crippen LogP contribution in [0.3, 0.4) is 0 Å². The van der Waals surface area contributed by atoms with E-state index in [4.69, 9.17) is 5.73 Å². The molecule has 120 valence electrons. The summed E-state index contributed by atoms with van der Waals surface area (Å²) >= 11 is 1.77. The van der Waals surface area contributed by atoms with E-state index in [9.17, 15) is 10.2 Å². The molecule has 0 spiro atoms. The average molecular weight is 323 g/mol. The highest BCUT2D eigenvalue weighted by Gasteiger charge is 2.42. The largest absolute Gasteiger partial charge is 0.389 e. The van der Waals surface area contributed by atoms with Gasteiger partial charge in [0.2, 0.25) is 0 Å². The lowest BCUT2D eigenvalue weighted by molar-refractivity contribution is 0.0308. The zero-order chi connectivity index (χ0) is 15.7. The van der Waals surface area contributed by atoms with Crippen LogP contribution in [-0.2, 0) is 0 Å². The number of aliphatic hydroxyl groups is 2. The minimum atomic E-state index is -0.873. The molecular formula is C14H21N5O2S. The predicted molar refractivity (Wildman–Crippen MR) is 87.6 cm³/mol. The van der Waals surface area contributed by atoms with Gasteiger partial charge in [0.1, 0.15) is 17.9 Å². The second kappa shape index (κ2) is 6.41. The van der Waals surface area contributed by atoms with Gasteiger partial charge in [-0.2, -0.15) is 11.8 Å². The summed E-state index contributed by atoms with van der Waals surface area (Å²) in [5.74, 6) is 2.18. The van der Waals surface area contributed by atoms with Crippen LogP contribution in [0.25, 0.3) is 11.0 Å². The van der Waals surface area contributed by atoms with Gasteiger partial charge in [0, 0.05) is 23.6 Å². The maximum atomic E-state index is 10.4. The third-order valence-corrected chi connectivity index (χ3v) is 5.29. The van der Waals surface area contributed by atoms with E-state index < -0.39 is 12.2 Å². The molecule has 6 N–H and O–H groups in total. The van der Waals surface area contributed by atoms with E-state index in [1.54, 1.807) is 18.0 Å². The van der Waals surface area contributed by atoms with Gasteiger partial charge in [-0.15, -0.1) is 0 Å². The second-order valence-corrected chi connectivity index (χ2v) is 6.68. The Hall–Kier alpha value is -1.35. The van der Waals surface area contributed by atoms with Crippen molar-refractivity contribution in [3.63, 3.8) is 0 Å². The number of aromatic amines is 1. The summed E-state index contributed by atoms with van der Waals surface area (Å²) in [6, 6.07) is -0.508. The number of H-pyrrole nitrogens is 1. The molecule has 0 unspecified atom stereocenters. The van der Waals surface area contributed by atoms with Crippen molar-refractivity contribution in [2.24, 2.45) is 0 Å². The molecule has 2 aromatic heterocycles. The van der Waals surface area contributed by atoms with E-state index in [-0.39, 0.29) is 12.1 Å². The van der Waals surface area contributed by atoms with Crippen molar-refractivity contribution in [3.05, 3.63) is 18.1 Å². The predicted octanol–water partition coefficient (Wildman–Crippen LogP) is 0.418. The van der Waals surface area contributed by atoms with E-state index in [1.807, 2.05) is 0 Å². The number of nitrogens with one attached hydrogen (secondary N) is 2. The standard InChI is InChI=1S/C14H21N5O2S/c1-2-3-22-5-8-12(20)13(21)10(19-8)7-4-16-11-9(7)17-6-18-14(11)15/h4,6,8,10,12-13,16,19-21H,2-3,5H2,1H3,(H2,15,17,18)/t8-,10+,12-,13+/m1/s1. The first-order valence-electron chi connectivity index (χ1n) is 7.40. The summed E-state index contributed by atoms with van der Waals surface area (Å²) in [4.78, 5) is 11.2. The fourth-order valence-electron chi connectivity index (χ4n) is 2.85. The number of nitrogens with two attached hydrogens (primary N) is 1. The molecule has 1 fully saturated rings. The maximum absolute atomic E-state index is 10.4. The molecule has 4 atom stereocenters. The highest BCUT2D eigenvalue weighted by atomic mass is 32.2. The minimum Gasteiger partial charge on any atom is -0.389 e. The van der Waals surface area contributed by atoms with E-state index in [2.05, 4.69) is 27.2 Å². The SMILES string of the molecule is CCCSC[C@H]1N[C@@H](c2c[nH]c3c(N)ncnc23)[C@H](O)[C@@H]1O. The molecule has 2 aromatic rings. The second-order valence-electron chi connectivity index (χ2n) is 5.53. The summed E-state index contributed by atoms with van der Waals surface area (Å²) < 4.78 is 0. The van der Waals surface area contributed by atoms with Crippen LogP contribution in [0.15, 0.2) is 12.5 Å². The first-order valence-corrected chi connectivity index (χ1v) is 8.56. The van der Waals surface area contributed by atoms with Crippen molar-refractivity contribution in [1.82, 2.24) is 20.3 Å². The Balaban J connectivity index is 1.83. The van der Waals surface area contributed by atoms with Gasteiger partial charge in [0.15, 0.2) is 5.82 Å². The van der Waals surface area contributed by atoms with Gasteiger partial charge >= 0.3 is 0 Å². The van der Waals surface area contributed by atoms with Crippen LogP contribution in [0, 0.1) is 0 Å². The Bertz CT molecular complexity index is 649. The number of nitrogen functional groups attached to an aromatic ring is 1. The average Bonchev–Trinajstić information content (AvgIpc) is 3.05. The number of thioether (sulfide) groups is 1. The monoisotopic (exact) mass is 323 g/mol. The highest BCUT2D eigenvalue weighted by molar-refractivity contribution is 7.99. The molecular weight excluding hydrogens is 302 g/mol. The number of aromatic nitrogens is 3. The Labute approximate surface area is 132 Å². The van der Waals surface area contributed by atoms with Gasteiger partial charge in [-0.05, 0) is 12.2 Å². The number of nitrogens with zero attached hydrogens (tertiary/aromatic N) is 2. The molecule has 8 heteroatoms. The topological polar surface area (TPSA) is 120 Å². The van der Waals surface area contributed by atoms with Crippen LogP contribution >= 0.6 is 11.8 Å². The van der Waals surface area contributed by atoms with Crippen LogP contribution in [0.5, 0.6) is 0 Å². The fourth-order valence-corrected chi connectivity index (χ4v) is 3.86. The summed E-state index contributed by atoms with van der Waals surface area (Å²) in [5, 5.41) is 24.0.